The highest BCUT2D eigenvalue weighted by atomic mass is 35.5. The van der Waals surface area contributed by atoms with E-state index in [-0.39, 0.29) is 28.6 Å². The maximum atomic E-state index is 13.6. The molecule has 0 heterocycles. The van der Waals surface area contributed by atoms with Gasteiger partial charge in [0.25, 0.3) is 0 Å². The van der Waals surface area contributed by atoms with Gasteiger partial charge in [-0.25, -0.2) is 17.6 Å². The molecule has 1 N–H and O–H groups in total. The summed E-state index contributed by atoms with van der Waals surface area (Å²) in [5, 5.41) is 2.61. The van der Waals surface area contributed by atoms with Gasteiger partial charge in [0.05, 0.1) is 29.1 Å². The fourth-order valence-electron chi connectivity index (χ4n) is 2.64. The van der Waals surface area contributed by atoms with Crippen LogP contribution in [0.4, 0.5) is 15.8 Å². The van der Waals surface area contributed by atoms with Crippen LogP contribution in [0.5, 0.6) is 0 Å². The number of rotatable bonds is 7. The van der Waals surface area contributed by atoms with Crippen molar-refractivity contribution < 1.29 is 27.1 Å². The summed E-state index contributed by atoms with van der Waals surface area (Å²) in [5.74, 6) is -1.90. The number of amides is 1. The number of ether oxygens (including phenoxy) is 1. The zero-order chi connectivity index (χ0) is 21.8. The van der Waals surface area contributed by atoms with Gasteiger partial charge in [0, 0.05) is 5.69 Å². The quantitative estimate of drug-likeness (QED) is 0.663. The highest BCUT2D eigenvalue weighted by molar-refractivity contribution is 7.92. The fourth-order valence-corrected chi connectivity index (χ4v) is 4.06. The lowest BCUT2D eigenvalue weighted by atomic mass is 10.2. The maximum Gasteiger partial charge on any atom is 0.339 e. The van der Waals surface area contributed by atoms with E-state index in [9.17, 15) is 22.4 Å². The van der Waals surface area contributed by atoms with Crippen molar-refractivity contribution in [2.24, 2.45) is 0 Å². The van der Waals surface area contributed by atoms with E-state index in [1.165, 1.54) is 43.3 Å². The van der Waals surface area contributed by atoms with E-state index >= 15 is 0 Å². The number of halogens is 2. The lowest BCUT2D eigenvalue weighted by Crippen LogP contribution is -2.45. The van der Waals surface area contributed by atoms with Gasteiger partial charge in [-0.15, -0.1) is 0 Å². The van der Waals surface area contributed by atoms with E-state index in [1.54, 1.807) is 6.92 Å². The average Bonchev–Trinajstić information content (AvgIpc) is 2.60. The van der Waals surface area contributed by atoms with Crippen LogP contribution in [0.1, 0.15) is 24.2 Å². The molecule has 1 amide bonds. The Morgan fingerprint density at radius 1 is 1.24 bits per heavy atom. The Balaban J connectivity index is 2.26. The Labute approximate surface area is 173 Å². The molecule has 156 valence electrons. The predicted molar refractivity (Wildman–Crippen MR) is 109 cm³/mol. The van der Waals surface area contributed by atoms with Crippen molar-refractivity contribution >= 4 is 44.9 Å². The number of nitrogens with zero attached hydrogens (tertiary/aromatic N) is 1. The van der Waals surface area contributed by atoms with Crippen LogP contribution in [0, 0.1) is 5.82 Å². The molecule has 0 aliphatic carbocycles. The number of benzene rings is 2. The monoisotopic (exact) mass is 442 g/mol. The first-order valence-electron chi connectivity index (χ1n) is 8.57. The molecule has 7 nitrogen and oxygen atoms in total. The van der Waals surface area contributed by atoms with Gasteiger partial charge in [-0.2, -0.15) is 0 Å². The minimum absolute atomic E-state index is 0.0193. The lowest BCUT2D eigenvalue weighted by molar-refractivity contribution is -0.116. The second kappa shape index (κ2) is 9.23. The van der Waals surface area contributed by atoms with Gasteiger partial charge in [-0.3, -0.25) is 9.10 Å². The second-order valence-electron chi connectivity index (χ2n) is 6.12. The number of esters is 1. The first-order chi connectivity index (χ1) is 13.5. The topological polar surface area (TPSA) is 92.8 Å². The molecule has 0 saturated carbocycles. The average molecular weight is 443 g/mol. The van der Waals surface area contributed by atoms with Crippen molar-refractivity contribution in [3.05, 3.63) is 58.9 Å². The van der Waals surface area contributed by atoms with Crippen LogP contribution in [0.2, 0.25) is 5.02 Å². The molecular weight excluding hydrogens is 423 g/mol. The van der Waals surface area contributed by atoms with Gasteiger partial charge in [-0.1, -0.05) is 17.7 Å². The minimum Gasteiger partial charge on any atom is -0.462 e. The molecule has 29 heavy (non-hydrogen) atoms. The third-order valence-corrected chi connectivity index (χ3v) is 5.44. The van der Waals surface area contributed by atoms with E-state index in [4.69, 9.17) is 16.3 Å². The van der Waals surface area contributed by atoms with Crippen molar-refractivity contribution in [1.82, 2.24) is 0 Å². The highest BCUT2D eigenvalue weighted by Crippen LogP contribution is 2.24. The highest BCUT2D eigenvalue weighted by Gasteiger charge is 2.29. The maximum absolute atomic E-state index is 13.6. The van der Waals surface area contributed by atoms with Gasteiger partial charge in [0.15, 0.2) is 0 Å². The number of hydrogen-bond acceptors (Lipinski definition) is 5. The van der Waals surface area contributed by atoms with Gasteiger partial charge in [-0.05, 0) is 50.2 Å². The molecule has 2 aromatic rings. The fraction of sp³-hybridized carbons (Fsp3) is 0.263. The van der Waals surface area contributed by atoms with Crippen LogP contribution in [0.25, 0.3) is 0 Å². The van der Waals surface area contributed by atoms with Gasteiger partial charge in [0.1, 0.15) is 11.9 Å². The molecule has 10 heteroatoms. The summed E-state index contributed by atoms with van der Waals surface area (Å²) in [6, 6.07) is 7.93. The zero-order valence-electron chi connectivity index (χ0n) is 16.0. The molecule has 0 aliphatic rings. The molecule has 0 radical (unpaired) electrons. The molecule has 0 fully saturated rings. The van der Waals surface area contributed by atoms with Crippen LogP contribution >= 0.6 is 11.6 Å². The number of carbonyl (C=O) groups excluding carboxylic acids is 2. The van der Waals surface area contributed by atoms with Crippen molar-refractivity contribution in [1.29, 1.82) is 0 Å². The Morgan fingerprint density at radius 2 is 1.93 bits per heavy atom. The van der Waals surface area contributed by atoms with E-state index in [0.29, 0.717) is 0 Å². The van der Waals surface area contributed by atoms with E-state index in [0.717, 1.165) is 16.6 Å². The standard InChI is InChI=1S/C19H20ClFN2O5S/c1-4-28-19(25)16-9-8-14(11-17(16)20)22-18(24)12(2)23(29(3,26)27)15-7-5-6-13(21)10-15/h5-12H,4H2,1-3H3,(H,22,24). The number of carbonyl (C=O) groups is 2. The van der Waals surface area contributed by atoms with Gasteiger partial charge in [0.2, 0.25) is 15.9 Å². The molecule has 0 spiro atoms. The second-order valence-corrected chi connectivity index (χ2v) is 8.39. The van der Waals surface area contributed by atoms with E-state index in [2.05, 4.69) is 5.32 Å². The third kappa shape index (κ3) is 5.68. The summed E-state index contributed by atoms with van der Waals surface area (Å²) in [6.45, 7) is 3.22. The van der Waals surface area contributed by atoms with E-state index in [1.807, 2.05) is 0 Å². The van der Waals surface area contributed by atoms with Gasteiger partial charge < -0.3 is 10.1 Å². The Morgan fingerprint density at radius 3 is 2.48 bits per heavy atom. The van der Waals surface area contributed by atoms with Crippen LogP contribution < -0.4 is 9.62 Å². The van der Waals surface area contributed by atoms with Crippen molar-refractivity contribution in [2.45, 2.75) is 19.9 Å². The molecule has 0 aromatic heterocycles. The van der Waals surface area contributed by atoms with Crippen molar-refractivity contribution in [3.63, 3.8) is 0 Å². The molecule has 2 aromatic carbocycles. The van der Waals surface area contributed by atoms with Gasteiger partial charge >= 0.3 is 5.97 Å². The molecule has 0 aliphatic heterocycles. The Hall–Kier alpha value is -2.65. The Bertz CT molecular complexity index is 1030. The van der Waals surface area contributed by atoms with Crippen LogP contribution in [0.3, 0.4) is 0 Å². The smallest absolute Gasteiger partial charge is 0.339 e. The first-order valence-corrected chi connectivity index (χ1v) is 10.8. The van der Waals surface area contributed by atoms with Crippen LogP contribution in [0.15, 0.2) is 42.5 Å². The largest absolute Gasteiger partial charge is 0.462 e. The first kappa shape index (κ1) is 22.6. The van der Waals surface area contributed by atoms with Crippen LogP contribution in [-0.2, 0) is 19.6 Å². The Kier molecular flexibility index (Phi) is 7.21. The number of sulfonamides is 1. The lowest BCUT2D eigenvalue weighted by Gasteiger charge is -2.28. The summed E-state index contributed by atoms with van der Waals surface area (Å²) in [6.07, 6.45) is 0.923. The summed E-state index contributed by atoms with van der Waals surface area (Å²) < 4.78 is 43.7. The summed E-state index contributed by atoms with van der Waals surface area (Å²) in [7, 11) is -3.89. The number of anilines is 2. The van der Waals surface area contributed by atoms with E-state index < -0.39 is 33.8 Å². The minimum atomic E-state index is -3.89. The third-order valence-electron chi connectivity index (χ3n) is 3.88. The van der Waals surface area contributed by atoms with Crippen LogP contribution in [-0.4, -0.2) is 39.2 Å². The number of nitrogens with one attached hydrogen (secondary N) is 1. The zero-order valence-corrected chi connectivity index (χ0v) is 17.6. The molecular formula is C19H20ClFN2O5S. The molecule has 0 saturated heterocycles. The van der Waals surface area contributed by atoms with Crippen molar-refractivity contribution in [3.8, 4) is 0 Å². The van der Waals surface area contributed by atoms with Crippen molar-refractivity contribution in [2.75, 3.05) is 22.5 Å². The summed E-state index contributed by atoms with van der Waals surface area (Å²) in [4.78, 5) is 24.4. The summed E-state index contributed by atoms with van der Waals surface area (Å²) >= 11 is 6.07. The summed E-state index contributed by atoms with van der Waals surface area (Å²) in [5.41, 5.74) is 0.413. The molecule has 1 unspecified atom stereocenters. The molecule has 1 atom stereocenters. The predicted octanol–water partition coefficient (Wildman–Crippen LogP) is 3.45. The normalized spacial score (nSPS) is 12.2. The SMILES string of the molecule is CCOC(=O)c1ccc(NC(=O)C(C)N(c2cccc(F)c2)S(C)(=O)=O)cc1Cl. The number of hydrogen-bond donors (Lipinski definition) is 1. The molecule has 0 bridgehead atoms. The molecule has 2 rings (SSSR count).